The Hall–Kier alpha value is -2.24. The molecule has 1 fully saturated rings. The van der Waals surface area contributed by atoms with Gasteiger partial charge in [-0.15, -0.1) is 12.4 Å². The van der Waals surface area contributed by atoms with Crippen LogP contribution in [0.2, 0.25) is 0 Å². The number of likely N-dealkylation sites (tertiary alicyclic amines) is 1. The van der Waals surface area contributed by atoms with Crippen LogP contribution in [0.3, 0.4) is 0 Å². The molecule has 140 valence electrons. The molecule has 0 radical (unpaired) electrons. The number of halogens is 1. The van der Waals surface area contributed by atoms with Gasteiger partial charge in [0.2, 0.25) is 0 Å². The Morgan fingerprint density at radius 3 is 2.27 bits per heavy atom. The van der Waals surface area contributed by atoms with Gasteiger partial charge in [-0.05, 0) is 36.8 Å². The van der Waals surface area contributed by atoms with Crippen molar-refractivity contribution in [3.63, 3.8) is 0 Å². The fraction of sp³-hybridized carbons (Fsp3) is 0.350. The maximum absolute atomic E-state index is 12.4. The number of nitrogens with two attached hydrogens (primary N) is 1. The van der Waals surface area contributed by atoms with Crippen molar-refractivity contribution in [2.24, 2.45) is 5.73 Å². The van der Waals surface area contributed by atoms with Crippen molar-refractivity contribution in [3.8, 4) is 11.5 Å². The zero-order valence-corrected chi connectivity index (χ0v) is 15.7. The topological polar surface area (TPSA) is 64.8 Å². The average molecular weight is 377 g/mol. The van der Waals surface area contributed by atoms with Gasteiger partial charge in [0.25, 0.3) is 5.91 Å². The summed E-state index contributed by atoms with van der Waals surface area (Å²) in [6, 6.07) is 17.4. The Morgan fingerprint density at radius 1 is 1.04 bits per heavy atom. The molecule has 0 unspecified atom stereocenters. The van der Waals surface area contributed by atoms with Crippen molar-refractivity contribution in [2.75, 3.05) is 26.3 Å². The summed E-state index contributed by atoms with van der Waals surface area (Å²) in [6.07, 6.45) is 0. The van der Waals surface area contributed by atoms with Crippen LogP contribution in [0.25, 0.3) is 0 Å². The molecule has 3 rings (SSSR count). The molecule has 1 heterocycles. The van der Waals surface area contributed by atoms with E-state index in [0.717, 1.165) is 5.75 Å². The molecule has 0 bridgehead atoms. The number of carbonyl (C=O) groups excluding carboxylic acids is 1. The second-order valence-corrected chi connectivity index (χ2v) is 6.17. The average Bonchev–Trinajstić information content (AvgIpc) is 3.04. The van der Waals surface area contributed by atoms with E-state index < -0.39 is 0 Å². The van der Waals surface area contributed by atoms with Crippen molar-refractivity contribution in [1.29, 1.82) is 0 Å². The minimum absolute atomic E-state index is 0. The lowest BCUT2D eigenvalue weighted by molar-refractivity contribution is -0.132. The van der Waals surface area contributed by atoms with Crippen molar-refractivity contribution < 1.29 is 14.3 Å². The van der Waals surface area contributed by atoms with E-state index in [1.54, 1.807) is 17.0 Å². The number of carbonyl (C=O) groups is 1. The number of rotatable bonds is 6. The second kappa shape index (κ2) is 9.46. The van der Waals surface area contributed by atoms with Gasteiger partial charge in [-0.3, -0.25) is 4.79 Å². The molecule has 2 atom stereocenters. The highest BCUT2D eigenvalue weighted by molar-refractivity contribution is 5.85. The first kappa shape index (κ1) is 20.1. The highest BCUT2D eigenvalue weighted by Gasteiger charge is 2.33. The Bertz CT molecular complexity index is 694. The number of hydrogen-bond donors (Lipinski definition) is 1. The van der Waals surface area contributed by atoms with Crippen LogP contribution in [-0.4, -0.2) is 43.2 Å². The summed E-state index contributed by atoms with van der Waals surface area (Å²) in [5.74, 6) is 1.58. The SMILES string of the molecule is CCOc1ccc(OCC(=O)N2C[C@@H](N)[C@H](c3ccccc3)C2)cc1.Cl. The summed E-state index contributed by atoms with van der Waals surface area (Å²) in [5.41, 5.74) is 7.42. The normalized spacial score (nSPS) is 18.9. The molecule has 1 aliphatic rings. The predicted octanol–water partition coefficient (Wildman–Crippen LogP) is 2.84. The highest BCUT2D eigenvalue weighted by atomic mass is 35.5. The van der Waals surface area contributed by atoms with E-state index in [1.807, 2.05) is 37.3 Å². The van der Waals surface area contributed by atoms with Gasteiger partial charge in [-0.1, -0.05) is 30.3 Å². The summed E-state index contributed by atoms with van der Waals surface area (Å²) < 4.78 is 11.0. The third-order valence-electron chi connectivity index (χ3n) is 4.44. The molecule has 0 saturated carbocycles. The Morgan fingerprint density at radius 2 is 1.65 bits per heavy atom. The first-order valence-corrected chi connectivity index (χ1v) is 8.61. The number of nitrogens with zero attached hydrogens (tertiary/aromatic N) is 1. The van der Waals surface area contributed by atoms with Gasteiger partial charge in [0.05, 0.1) is 6.61 Å². The van der Waals surface area contributed by atoms with Crippen LogP contribution in [0, 0.1) is 0 Å². The molecule has 0 aromatic heterocycles. The summed E-state index contributed by atoms with van der Waals surface area (Å²) in [6.45, 7) is 3.77. The van der Waals surface area contributed by atoms with Crippen molar-refractivity contribution in [3.05, 3.63) is 60.2 Å². The van der Waals surface area contributed by atoms with E-state index in [4.69, 9.17) is 15.2 Å². The van der Waals surface area contributed by atoms with Gasteiger partial charge < -0.3 is 20.1 Å². The summed E-state index contributed by atoms with van der Waals surface area (Å²) in [4.78, 5) is 14.2. The summed E-state index contributed by atoms with van der Waals surface area (Å²) >= 11 is 0. The number of hydrogen-bond acceptors (Lipinski definition) is 4. The van der Waals surface area contributed by atoms with Gasteiger partial charge in [0, 0.05) is 25.0 Å². The Labute approximate surface area is 160 Å². The van der Waals surface area contributed by atoms with Crippen molar-refractivity contribution in [1.82, 2.24) is 4.90 Å². The van der Waals surface area contributed by atoms with Crippen molar-refractivity contribution in [2.45, 2.75) is 18.9 Å². The van der Waals surface area contributed by atoms with E-state index >= 15 is 0 Å². The largest absolute Gasteiger partial charge is 0.494 e. The second-order valence-electron chi connectivity index (χ2n) is 6.17. The van der Waals surface area contributed by atoms with Gasteiger partial charge in [-0.25, -0.2) is 0 Å². The quantitative estimate of drug-likeness (QED) is 0.841. The lowest BCUT2D eigenvalue weighted by Crippen LogP contribution is -2.35. The van der Waals surface area contributed by atoms with Crippen LogP contribution in [0.15, 0.2) is 54.6 Å². The summed E-state index contributed by atoms with van der Waals surface area (Å²) in [7, 11) is 0. The fourth-order valence-corrected chi connectivity index (χ4v) is 3.12. The minimum Gasteiger partial charge on any atom is -0.494 e. The molecule has 2 aromatic carbocycles. The van der Waals surface area contributed by atoms with E-state index in [9.17, 15) is 4.79 Å². The lowest BCUT2D eigenvalue weighted by Gasteiger charge is -2.17. The van der Waals surface area contributed by atoms with Crippen LogP contribution in [0.5, 0.6) is 11.5 Å². The van der Waals surface area contributed by atoms with Crippen molar-refractivity contribution >= 4 is 18.3 Å². The molecule has 2 N–H and O–H groups in total. The molecule has 26 heavy (non-hydrogen) atoms. The van der Waals surface area contributed by atoms with Crippen LogP contribution in [0.1, 0.15) is 18.4 Å². The molecule has 1 saturated heterocycles. The predicted molar refractivity (Wildman–Crippen MR) is 104 cm³/mol. The zero-order chi connectivity index (χ0) is 17.6. The summed E-state index contributed by atoms with van der Waals surface area (Å²) in [5, 5.41) is 0. The third kappa shape index (κ3) is 4.90. The van der Waals surface area contributed by atoms with E-state index in [1.165, 1.54) is 5.56 Å². The number of benzene rings is 2. The molecule has 2 aromatic rings. The zero-order valence-electron chi connectivity index (χ0n) is 14.8. The lowest BCUT2D eigenvalue weighted by atomic mass is 9.95. The Balaban J connectivity index is 0.00000243. The van der Waals surface area contributed by atoms with Crippen LogP contribution in [0.4, 0.5) is 0 Å². The Kier molecular flexibility index (Phi) is 7.30. The number of ether oxygens (including phenoxy) is 2. The maximum atomic E-state index is 12.4. The first-order chi connectivity index (χ1) is 12.2. The van der Waals surface area contributed by atoms with Gasteiger partial charge in [-0.2, -0.15) is 0 Å². The third-order valence-corrected chi connectivity index (χ3v) is 4.44. The molecule has 6 heteroatoms. The molecular weight excluding hydrogens is 352 g/mol. The van der Waals surface area contributed by atoms with Gasteiger partial charge in [0.1, 0.15) is 11.5 Å². The van der Waals surface area contributed by atoms with Gasteiger partial charge >= 0.3 is 0 Å². The fourth-order valence-electron chi connectivity index (χ4n) is 3.12. The standard InChI is InChI=1S/C20H24N2O3.ClH/c1-2-24-16-8-10-17(11-9-16)25-14-20(23)22-12-18(19(21)13-22)15-6-4-3-5-7-15;/h3-11,18-19H,2,12-14,21H2,1H3;1H/t18-,19+;/m0./s1. The van der Waals surface area contributed by atoms with Gasteiger partial charge in [0.15, 0.2) is 6.61 Å². The van der Waals surface area contributed by atoms with Crippen LogP contribution < -0.4 is 15.2 Å². The first-order valence-electron chi connectivity index (χ1n) is 8.61. The van der Waals surface area contributed by atoms with E-state index in [-0.39, 0.29) is 36.9 Å². The highest BCUT2D eigenvalue weighted by Crippen LogP contribution is 2.26. The molecular formula is C20H25ClN2O3. The maximum Gasteiger partial charge on any atom is 0.260 e. The molecule has 0 aliphatic carbocycles. The molecule has 0 spiro atoms. The van der Waals surface area contributed by atoms with E-state index in [2.05, 4.69) is 12.1 Å². The number of amides is 1. The van der Waals surface area contributed by atoms with Crippen LogP contribution >= 0.6 is 12.4 Å². The smallest absolute Gasteiger partial charge is 0.260 e. The van der Waals surface area contributed by atoms with Crippen LogP contribution in [-0.2, 0) is 4.79 Å². The van der Waals surface area contributed by atoms with E-state index in [0.29, 0.717) is 25.4 Å². The molecule has 1 amide bonds. The molecule has 5 nitrogen and oxygen atoms in total. The molecule has 1 aliphatic heterocycles. The monoisotopic (exact) mass is 376 g/mol. The minimum atomic E-state index is -0.0446.